The number of rotatable bonds is 6. The lowest BCUT2D eigenvalue weighted by Crippen LogP contribution is -2.24. The first kappa shape index (κ1) is 20.5. The third-order valence-corrected chi connectivity index (χ3v) is 4.74. The van der Waals surface area contributed by atoms with Crippen molar-refractivity contribution < 1.29 is 13.9 Å². The van der Waals surface area contributed by atoms with E-state index < -0.39 is 11.7 Å². The number of imidazole rings is 1. The maximum atomic E-state index is 14.9. The zero-order chi connectivity index (χ0) is 20.3. The van der Waals surface area contributed by atoms with Crippen LogP contribution < -0.4 is 10.1 Å². The van der Waals surface area contributed by atoms with Crippen molar-refractivity contribution >= 4 is 40.7 Å². The van der Waals surface area contributed by atoms with E-state index in [9.17, 15) is 9.18 Å². The van der Waals surface area contributed by atoms with Crippen LogP contribution in [0.2, 0.25) is 15.2 Å². The van der Waals surface area contributed by atoms with E-state index >= 15 is 0 Å². The number of H-pyrrole nitrogens is 1. The number of nitrogens with one attached hydrogen (secondary N) is 2. The highest BCUT2D eigenvalue weighted by molar-refractivity contribution is 6.32. The van der Waals surface area contributed by atoms with E-state index in [1.165, 1.54) is 18.5 Å². The number of hydrogen-bond acceptors (Lipinski definition) is 3. The minimum absolute atomic E-state index is 0.0264. The maximum Gasteiger partial charge on any atom is 0.273 e. The van der Waals surface area contributed by atoms with Gasteiger partial charge in [0.05, 0.1) is 11.3 Å². The van der Waals surface area contributed by atoms with Crippen LogP contribution in [0.3, 0.4) is 0 Å². The predicted octanol–water partition coefficient (Wildman–Crippen LogP) is 5.79. The molecule has 146 valence electrons. The van der Waals surface area contributed by atoms with Gasteiger partial charge >= 0.3 is 0 Å². The minimum Gasteiger partial charge on any atom is -0.453 e. The molecule has 0 atom stereocenters. The van der Waals surface area contributed by atoms with Gasteiger partial charge in [0.2, 0.25) is 0 Å². The Morgan fingerprint density at radius 1 is 1.25 bits per heavy atom. The smallest absolute Gasteiger partial charge is 0.273 e. The molecule has 0 radical (unpaired) electrons. The van der Waals surface area contributed by atoms with Crippen LogP contribution in [0.5, 0.6) is 11.5 Å². The highest BCUT2D eigenvalue weighted by atomic mass is 35.5. The van der Waals surface area contributed by atoms with Crippen LogP contribution in [0.1, 0.15) is 28.5 Å². The fraction of sp³-hybridized carbons (Fsp3) is 0.158. The van der Waals surface area contributed by atoms with E-state index in [1.54, 1.807) is 18.2 Å². The SMILES string of the molecule is CCc1cc(Cl)cc(Oc2c(Cl)ccc(CNC(=O)c3nc[nH]c3Cl)c2F)c1. The minimum atomic E-state index is -0.682. The number of amides is 1. The number of hydrogen-bond donors (Lipinski definition) is 2. The predicted molar refractivity (Wildman–Crippen MR) is 107 cm³/mol. The summed E-state index contributed by atoms with van der Waals surface area (Å²) < 4.78 is 20.6. The molecule has 1 heterocycles. The number of benzene rings is 2. The molecule has 2 N–H and O–H groups in total. The second-order valence-corrected chi connectivity index (χ2v) is 7.07. The number of carbonyl (C=O) groups excluding carboxylic acids is 1. The van der Waals surface area contributed by atoms with Gasteiger partial charge < -0.3 is 15.0 Å². The topological polar surface area (TPSA) is 67.0 Å². The third-order valence-electron chi connectivity index (χ3n) is 3.94. The third kappa shape index (κ3) is 4.58. The van der Waals surface area contributed by atoms with E-state index in [4.69, 9.17) is 39.5 Å². The van der Waals surface area contributed by atoms with Gasteiger partial charge in [0.1, 0.15) is 10.9 Å². The molecule has 0 spiro atoms. The van der Waals surface area contributed by atoms with Crippen LogP contribution in [0, 0.1) is 5.82 Å². The normalized spacial score (nSPS) is 10.8. The van der Waals surface area contributed by atoms with E-state index in [1.807, 2.05) is 6.92 Å². The zero-order valence-electron chi connectivity index (χ0n) is 14.7. The van der Waals surface area contributed by atoms with Gasteiger partial charge in [-0.15, -0.1) is 0 Å². The lowest BCUT2D eigenvalue weighted by Gasteiger charge is -2.13. The lowest BCUT2D eigenvalue weighted by molar-refractivity contribution is 0.0946. The van der Waals surface area contributed by atoms with E-state index in [0.29, 0.717) is 10.8 Å². The fourth-order valence-electron chi connectivity index (χ4n) is 2.50. The Labute approximate surface area is 175 Å². The molecule has 0 unspecified atom stereocenters. The Hall–Kier alpha value is -2.28. The first-order chi connectivity index (χ1) is 13.4. The summed E-state index contributed by atoms with van der Waals surface area (Å²) in [7, 11) is 0. The van der Waals surface area contributed by atoms with Crippen LogP contribution in [-0.4, -0.2) is 15.9 Å². The van der Waals surface area contributed by atoms with Gasteiger partial charge in [-0.1, -0.05) is 47.8 Å². The van der Waals surface area contributed by atoms with Crippen molar-refractivity contribution in [1.82, 2.24) is 15.3 Å². The summed E-state index contributed by atoms with van der Waals surface area (Å²) in [5.74, 6) is -0.991. The van der Waals surface area contributed by atoms with Crippen LogP contribution in [-0.2, 0) is 13.0 Å². The van der Waals surface area contributed by atoms with Gasteiger partial charge in [-0.25, -0.2) is 9.37 Å². The zero-order valence-corrected chi connectivity index (χ0v) is 16.9. The molecule has 9 heteroatoms. The number of carbonyl (C=O) groups is 1. The number of nitrogens with zero attached hydrogens (tertiary/aromatic N) is 1. The molecule has 3 rings (SSSR count). The standard InChI is InChI=1S/C19H15Cl3FN3O2/c1-2-10-5-12(20)7-13(6-10)28-17-14(21)4-3-11(15(17)23)8-24-19(27)16-18(22)26-9-25-16/h3-7,9H,2,8H2,1H3,(H,24,27)(H,25,26). The molecular weight excluding hydrogens is 428 g/mol. The van der Waals surface area contributed by atoms with Crippen molar-refractivity contribution in [3.8, 4) is 11.5 Å². The van der Waals surface area contributed by atoms with E-state index in [2.05, 4.69) is 15.3 Å². The van der Waals surface area contributed by atoms with Gasteiger partial charge in [0.25, 0.3) is 5.91 Å². The molecule has 0 aliphatic carbocycles. The summed E-state index contributed by atoms with van der Waals surface area (Å²) >= 11 is 18.0. The molecule has 0 saturated carbocycles. The molecule has 3 aromatic rings. The highest BCUT2D eigenvalue weighted by Crippen LogP contribution is 2.35. The first-order valence-electron chi connectivity index (χ1n) is 8.30. The van der Waals surface area contributed by atoms with Crippen LogP contribution in [0.15, 0.2) is 36.7 Å². The monoisotopic (exact) mass is 441 g/mol. The number of aryl methyl sites for hydroxylation is 1. The summed E-state index contributed by atoms with van der Waals surface area (Å²) in [5.41, 5.74) is 1.16. The van der Waals surface area contributed by atoms with Crippen LogP contribution in [0.4, 0.5) is 4.39 Å². The van der Waals surface area contributed by atoms with Crippen molar-refractivity contribution in [3.05, 3.63) is 74.5 Å². The molecule has 0 aliphatic rings. The molecule has 0 aliphatic heterocycles. The fourth-order valence-corrected chi connectivity index (χ4v) is 3.12. The average molecular weight is 443 g/mol. The molecule has 1 amide bonds. The van der Waals surface area contributed by atoms with Crippen LogP contribution >= 0.6 is 34.8 Å². The molecule has 2 aromatic carbocycles. The number of ether oxygens (including phenoxy) is 1. The molecule has 28 heavy (non-hydrogen) atoms. The second kappa shape index (κ2) is 8.82. The van der Waals surface area contributed by atoms with Crippen molar-refractivity contribution in [2.45, 2.75) is 19.9 Å². The Kier molecular flexibility index (Phi) is 6.44. The van der Waals surface area contributed by atoms with E-state index in [0.717, 1.165) is 12.0 Å². The maximum absolute atomic E-state index is 14.9. The summed E-state index contributed by atoms with van der Waals surface area (Å²) in [6.07, 6.45) is 2.04. The molecule has 0 saturated heterocycles. The Balaban J connectivity index is 1.81. The summed E-state index contributed by atoms with van der Waals surface area (Å²) in [6, 6.07) is 8.10. The average Bonchev–Trinajstić information content (AvgIpc) is 3.09. The summed E-state index contributed by atoms with van der Waals surface area (Å²) in [4.78, 5) is 18.5. The van der Waals surface area contributed by atoms with Gasteiger partial charge in [-0.3, -0.25) is 4.79 Å². The largest absolute Gasteiger partial charge is 0.453 e. The Morgan fingerprint density at radius 3 is 2.71 bits per heavy atom. The molecule has 1 aromatic heterocycles. The Morgan fingerprint density at radius 2 is 2.04 bits per heavy atom. The number of halogens is 4. The lowest BCUT2D eigenvalue weighted by atomic mass is 10.1. The van der Waals surface area contributed by atoms with Crippen molar-refractivity contribution in [2.75, 3.05) is 0 Å². The van der Waals surface area contributed by atoms with Crippen molar-refractivity contribution in [1.29, 1.82) is 0 Å². The van der Waals surface area contributed by atoms with Gasteiger partial charge in [-0.2, -0.15) is 0 Å². The van der Waals surface area contributed by atoms with E-state index in [-0.39, 0.29) is 33.7 Å². The quantitative estimate of drug-likeness (QED) is 0.507. The Bertz CT molecular complexity index is 1020. The molecule has 0 fully saturated rings. The van der Waals surface area contributed by atoms with Gasteiger partial charge in [0.15, 0.2) is 17.3 Å². The van der Waals surface area contributed by atoms with Crippen molar-refractivity contribution in [3.63, 3.8) is 0 Å². The summed E-state index contributed by atoms with van der Waals surface area (Å²) in [6.45, 7) is 1.87. The second-order valence-electron chi connectivity index (χ2n) is 5.85. The number of aromatic amines is 1. The number of aromatic nitrogens is 2. The first-order valence-corrected chi connectivity index (χ1v) is 9.43. The van der Waals surface area contributed by atoms with Crippen molar-refractivity contribution in [2.24, 2.45) is 0 Å². The van der Waals surface area contributed by atoms with Gasteiger partial charge in [0, 0.05) is 17.1 Å². The molecule has 0 bridgehead atoms. The molecule has 5 nitrogen and oxygen atoms in total. The molecular formula is C19H15Cl3FN3O2. The summed E-state index contributed by atoms with van der Waals surface area (Å²) in [5, 5.41) is 3.23. The highest BCUT2D eigenvalue weighted by Gasteiger charge is 2.18. The van der Waals surface area contributed by atoms with Gasteiger partial charge in [-0.05, 0) is 36.2 Å². The van der Waals surface area contributed by atoms with Crippen LogP contribution in [0.25, 0.3) is 0 Å².